The highest BCUT2D eigenvalue weighted by atomic mass is 16.5. The first-order chi connectivity index (χ1) is 19.7. The van der Waals surface area contributed by atoms with E-state index in [4.69, 9.17) is 9.47 Å². The van der Waals surface area contributed by atoms with Gasteiger partial charge in [0.15, 0.2) is 0 Å². The van der Waals surface area contributed by atoms with Crippen LogP contribution in [0.15, 0.2) is 78.4 Å². The highest BCUT2D eigenvalue weighted by Crippen LogP contribution is 2.40. The van der Waals surface area contributed by atoms with Crippen molar-refractivity contribution in [3.05, 3.63) is 101 Å². The van der Waals surface area contributed by atoms with E-state index in [1.165, 1.54) is 0 Å². The maximum Gasteiger partial charge on any atom is 0.295 e. The molecule has 1 aliphatic rings. The fraction of sp³-hybridized carbons (Fsp3) is 0.353. The zero-order valence-corrected chi connectivity index (χ0v) is 24.6. The van der Waals surface area contributed by atoms with E-state index in [0.717, 1.165) is 29.8 Å². The number of ether oxygens (including phenoxy) is 2. The van der Waals surface area contributed by atoms with Gasteiger partial charge in [-0.3, -0.25) is 9.59 Å². The summed E-state index contributed by atoms with van der Waals surface area (Å²) in [6.45, 7) is 13.0. The number of hydrogen-bond donors (Lipinski definition) is 1. The van der Waals surface area contributed by atoms with Gasteiger partial charge in [-0.25, -0.2) is 0 Å². The Bertz CT molecular complexity index is 1380. The molecule has 41 heavy (non-hydrogen) atoms. The monoisotopic (exact) mass is 556 g/mol. The number of rotatable bonds is 12. The quantitative estimate of drug-likeness (QED) is 0.164. The van der Waals surface area contributed by atoms with Crippen LogP contribution >= 0.6 is 0 Å². The van der Waals surface area contributed by atoms with Crippen molar-refractivity contribution in [2.75, 3.05) is 26.2 Å². The molecule has 1 aliphatic heterocycles. The van der Waals surface area contributed by atoms with E-state index < -0.39 is 17.7 Å². The number of aliphatic hydroxyl groups is 1. The summed E-state index contributed by atoms with van der Waals surface area (Å²) in [4.78, 5) is 30.6. The number of benzene rings is 3. The Morgan fingerprint density at radius 1 is 0.951 bits per heavy atom. The molecular formula is C34H40N2O5. The van der Waals surface area contributed by atoms with Crippen molar-refractivity contribution in [1.82, 2.24) is 9.80 Å². The summed E-state index contributed by atoms with van der Waals surface area (Å²) in [7, 11) is 0. The molecule has 0 radical (unpaired) electrons. The number of nitrogens with zero attached hydrogens (tertiary/aromatic N) is 2. The van der Waals surface area contributed by atoms with Gasteiger partial charge in [-0.2, -0.15) is 0 Å². The standard InChI is InChI=1S/C34H40N2O5/c1-6-35(7-2)19-20-36-31(26-13-15-27(16-14-26)40-22-25-11-9-8-10-12-25)30(33(38)34(36)39)32(37)29-18-17-28(21-24(29)5)41-23(3)4/h8-18,21,23,31,37H,6-7,19-20,22H2,1-5H3/b32-30+. The minimum absolute atomic E-state index is 0.00428. The summed E-state index contributed by atoms with van der Waals surface area (Å²) in [5.74, 6) is -0.119. The highest BCUT2D eigenvalue weighted by Gasteiger charge is 2.46. The van der Waals surface area contributed by atoms with Crippen LogP contribution in [0, 0.1) is 6.92 Å². The number of aliphatic hydroxyl groups excluding tert-OH is 1. The Hall–Kier alpha value is -4.10. The predicted molar refractivity (Wildman–Crippen MR) is 161 cm³/mol. The lowest BCUT2D eigenvalue weighted by atomic mass is 9.94. The Labute approximate surface area is 243 Å². The van der Waals surface area contributed by atoms with E-state index >= 15 is 0 Å². The Kier molecular flexibility index (Phi) is 9.84. The number of likely N-dealkylation sites (N-methyl/N-ethyl adjacent to an activating group) is 1. The van der Waals surface area contributed by atoms with E-state index in [1.54, 1.807) is 17.0 Å². The van der Waals surface area contributed by atoms with Crippen molar-refractivity contribution in [3.63, 3.8) is 0 Å². The van der Waals surface area contributed by atoms with Gasteiger partial charge in [-0.15, -0.1) is 0 Å². The summed E-state index contributed by atoms with van der Waals surface area (Å²) in [6.07, 6.45) is 0.00428. The first-order valence-electron chi connectivity index (χ1n) is 14.3. The van der Waals surface area contributed by atoms with Crippen LogP contribution in [0.25, 0.3) is 5.76 Å². The Morgan fingerprint density at radius 3 is 2.22 bits per heavy atom. The third-order valence-corrected chi connectivity index (χ3v) is 7.36. The van der Waals surface area contributed by atoms with E-state index in [-0.39, 0.29) is 17.4 Å². The van der Waals surface area contributed by atoms with Gasteiger partial charge in [0, 0.05) is 18.7 Å². The zero-order chi connectivity index (χ0) is 29.5. The molecule has 0 bridgehead atoms. The molecule has 7 heteroatoms. The summed E-state index contributed by atoms with van der Waals surface area (Å²) < 4.78 is 11.7. The maximum atomic E-state index is 13.5. The molecule has 0 saturated carbocycles. The summed E-state index contributed by atoms with van der Waals surface area (Å²) in [5, 5.41) is 11.6. The minimum atomic E-state index is -0.722. The third-order valence-electron chi connectivity index (χ3n) is 7.36. The lowest BCUT2D eigenvalue weighted by molar-refractivity contribution is -0.140. The van der Waals surface area contributed by atoms with E-state index in [2.05, 4.69) is 18.7 Å². The molecule has 0 aliphatic carbocycles. The second-order valence-electron chi connectivity index (χ2n) is 10.5. The van der Waals surface area contributed by atoms with Crippen LogP contribution < -0.4 is 9.47 Å². The van der Waals surface area contributed by atoms with Crippen LogP contribution in [-0.2, 0) is 16.2 Å². The van der Waals surface area contributed by atoms with Crippen molar-refractivity contribution in [2.45, 2.75) is 53.4 Å². The zero-order valence-electron chi connectivity index (χ0n) is 24.6. The van der Waals surface area contributed by atoms with E-state index in [0.29, 0.717) is 36.8 Å². The number of amides is 1. The number of carbonyl (C=O) groups excluding carboxylic acids is 2. The van der Waals surface area contributed by atoms with Crippen molar-refractivity contribution < 1.29 is 24.2 Å². The van der Waals surface area contributed by atoms with E-state index in [9.17, 15) is 14.7 Å². The van der Waals surface area contributed by atoms with Crippen LogP contribution in [-0.4, -0.2) is 58.9 Å². The fourth-order valence-corrected chi connectivity index (χ4v) is 5.13. The second kappa shape index (κ2) is 13.5. The molecule has 4 rings (SSSR count). The van der Waals surface area contributed by atoms with Gasteiger partial charge >= 0.3 is 0 Å². The number of aryl methyl sites for hydroxylation is 1. The largest absolute Gasteiger partial charge is 0.507 e. The number of carbonyl (C=O) groups is 2. The van der Waals surface area contributed by atoms with Gasteiger partial charge in [-0.1, -0.05) is 56.3 Å². The number of hydrogen-bond acceptors (Lipinski definition) is 6. The van der Waals surface area contributed by atoms with Crippen molar-refractivity contribution in [3.8, 4) is 11.5 Å². The SMILES string of the molecule is CCN(CC)CCN1C(=O)C(=O)/C(=C(/O)c2ccc(OC(C)C)cc2C)C1c1ccc(OCc2ccccc2)cc1. The molecule has 1 amide bonds. The second-order valence-corrected chi connectivity index (χ2v) is 10.5. The van der Waals surface area contributed by atoms with Crippen molar-refractivity contribution in [1.29, 1.82) is 0 Å². The molecule has 1 heterocycles. The van der Waals surface area contributed by atoms with Gasteiger partial charge < -0.3 is 24.4 Å². The molecule has 1 saturated heterocycles. The smallest absolute Gasteiger partial charge is 0.295 e. The third kappa shape index (κ3) is 6.98. The Balaban J connectivity index is 1.70. The molecule has 1 unspecified atom stereocenters. The van der Waals surface area contributed by atoms with Crippen LogP contribution in [0.4, 0.5) is 0 Å². The van der Waals surface area contributed by atoms with Gasteiger partial charge in [0.1, 0.15) is 23.9 Å². The summed E-state index contributed by atoms with van der Waals surface area (Å²) >= 11 is 0. The number of Topliss-reactive ketones (excluding diaryl/α,β-unsaturated/α-hetero) is 1. The topological polar surface area (TPSA) is 79.3 Å². The minimum Gasteiger partial charge on any atom is -0.507 e. The molecule has 3 aromatic rings. The van der Waals surface area contributed by atoms with Crippen LogP contribution in [0.5, 0.6) is 11.5 Å². The van der Waals surface area contributed by atoms with Gasteiger partial charge in [-0.05, 0) is 80.9 Å². The fourth-order valence-electron chi connectivity index (χ4n) is 5.13. The van der Waals surface area contributed by atoms with Crippen LogP contribution in [0.1, 0.15) is 56.0 Å². The average molecular weight is 557 g/mol. The van der Waals surface area contributed by atoms with Crippen LogP contribution in [0.2, 0.25) is 0 Å². The molecule has 7 nitrogen and oxygen atoms in total. The highest BCUT2D eigenvalue weighted by molar-refractivity contribution is 6.46. The lowest BCUT2D eigenvalue weighted by Gasteiger charge is -2.28. The molecule has 216 valence electrons. The van der Waals surface area contributed by atoms with Gasteiger partial charge in [0.2, 0.25) is 0 Å². The lowest BCUT2D eigenvalue weighted by Crippen LogP contribution is -2.38. The molecular weight excluding hydrogens is 516 g/mol. The van der Waals surface area contributed by atoms with Crippen molar-refractivity contribution in [2.24, 2.45) is 0 Å². The number of ketones is 1. The van der Waals surface area contributed by atoms with Gasteiger partial charge in [0.25, 0.3) is 11.7 Å². The summed E-state index contributed by atoms with van der Waals surface area (Å²) in [6, 6.07) is 21.9. The molecule has 1 fully saturated rings. The van der Waals surface area contributed by atoms with Gasteiger partial charge in [0.05, 0.1) is 17.7 Å². The maximum absolute atomic E-state index is 13.5. The van der Waals surface area contributed by atoms with Crippen LogP contribution in [0.3, 0.4) is 0 Å². The first kappa shape index (κ1) is 29.9. The molecule has 3 aromatic carbocycles. The van der Waals surface area contributed by atoms with E-state index in [1.807, 2.05) is 81.4 Å². The van der Waals surface area contributed by atoms with Crippen molar-refractivity contribution >= 4 is 17.4 Å². The average Bonchev–Trinajstić information content (AvgIpc) is 3.22. The molecule has 1 atom stereocenters. The molecule has 1 N–H and O–H groups in total. The number of likely N-dealkylation sites (tertiary alicyclic amines) is 1. The molecule has 0 spiro atoms. The summed E-state index contributed by atoms with van der Waals surface area (Å²) in [5.41, 5.74) is 3.12. The first-order valence-corrected chi connectivity index (χ1v) is 14.3. The normalized spacial score (nSPS) is 16.6. The Morgan fingerprint density at radius 2 is 1.61 bits per heavy atom. The predicted octanol–water partition coefficient (Wildman–Crippen LogP) is 6.12. The molecule has 0 aromatic heterocycles.